The van der Waals surface area contributed by atoms with Crippen LogP contribution in [0.1, 0.15) is 329 Å². The number of allylic oxidation sites excluding steroid dienone is 16. The molecular weight excluding hydrogens is 973 g/mol. The van der Waals surface area contributed by atoms with Crippen molar-refractivity contribution in [1.29, 1.82) is 0 Å². The van der Waals surface area contributed by atoms with Gasteiger partial charge in [-0.05, 0) is 103 Å². The lowest BCUT2D eigenvalue weighted by Crippen LogP contribution is -2.30. The predicted molar refractivity (Wildman–Crippen MR) is 344 cm³/mol. The molecule has 454 valence electrons. The number of hydrogen-bond acceptors (Lipinski definition) is 6. The minimum absolute atomic E-state index is 0.0872. The molecule has 0 aliphatic carbocycles. The molecule has 0 aromatic rings. The maximum absolute atomic E-state index is 12.9. The molecule has 0 heterocycles. The number of ether oxygens (including phenoxy) is 3. The highest BCUT2D eigenvalue weighted by Crippen LogP contribution is 2.17. The lowest BCUT2D eigenvalue weighted by molar-refractivity contribution is -0.167. The van der Waals surface area contributed by atoms with Crippen LogP contribution in [0.3, 0.4) is 0 Å². The fourth-order valence-corrected chi connectivity index (χ4v) is 9.54. The van der Waals surface area contributed by atoms with Gasteiger partial charge in [-0.1, -0.05) is 304 Å². The lowest BCUT2D eigenvalue weighted by atomic mass is 10.0. The summed E-state index contributed by atoms with van der Waals surface area (Å²) in [6, 6.07) is 0. The molecule has 0 saturated carbocycles. The normalized spacial score (nSPS) is 12.7. The van der Waals surface area contributed by atoms with E-state index < -0.39 is 6.10 Å². The molecule has 0 N–H and O–H groups in total. The minimum Gasteiger partial charge on any atom is -0.462 e. The van der Waals surface area contributed by atoms with Crippen LogP contribution in [0.15, 0.2) is 97.2 Å². The quantitative estimate of drug-likeness (QED) is 0.0261. The summed E-state index contributed by atoms with van der Waals surface area (Å²) in [6.07, 6.45) is 89.8. The van der Waals surface area contributed by atoms with Crippen LogP contribution in [0.2, 0.25) is 0 Å². The van der Waals surface area contributed by atoms with Crippen LogP contribution in [0.4, 0.5) is 0 Å². The SMILES string of the molecule is CC/C=C\C/C=C\C/C=C\C/C=C\C/C=C\C/C=C\CCCCCCCCC(=O)OCC(COC(=O)CCCCCCC/C=C\C/C=C\CCCCCC)OC(=O)CCCCCCCCCCCCCCCCCCCCCC. The molecule has 0 aliphatic heterocycles. The molecule has 0 saturated heterocycles. The molecule has 0 radical (unpaired) electrons. The molecule has 6 heteroatoms. The van der Waals surface area contributed by atoms with Crippen LogP contribution in [0.25, 0.3) is 0 Å². The van der Waals surface area contributed by atoms with Gasteiger partial charge >= 0.3 is 17.9 Å². The summed E-state index contributed by atoms with van der Waals surface area (Å²) in [5, 5.41) is 0. The van der Waals surface area contributed by atoms with Gasteiger partial charge in [0.05, 0.1) is 0 Å². The highest BCUT2D eigenvalue weighted by molar-refractivity contribution is 5.71. The van der Waals surface area contributed by atoms with Crippen LogP contribution in [-0.2, 0) is 28.6 Å². The van der Waals surface area contributed by atoms with Gasteiger partial charge in [0.1, 0.15) is 13.2 Å². The van der Waals surface area contributed by atoms with E-state index in [1.165, 1.54) is 161 Å². The van der Waals surface area contributed by atoms with E-state index in [1.54, 1.807) is 0 Å². The summed E-state index contributed by atoms with van der Waals surface area (Å²) in [7, 11) is 0. The Hall–Kier alpha value is -3.67. The van der Waals surface area contributed by atoms with Gasteiger partial charge < -0.3 is 14.2 Å². The van der Waals surface area contributed by atoms with E-state index in [4.69, 9.17) is 14.2 Å². The number of esters is 3. The smallest absolute Gasteiger partial charge is 0.306 e. The predicted octanol–water partition coefficient (Wildman–Crippen LogP) is 23.2. The van der Waals surface area contributed by atoms with Crippen molar-refractivity contribution in [2.24, 2.45) is 0 Å². The Kier molecular flexibility index (Phi) is 63.7. The van der Waals surface area contributed by atoms with E-state index in [1.807, 2.05) is 0 Å². The first-order valence-corrected chi connectivity index (χ1v) is 33.7. The van der Waals surface area contributed by atoms with E-state index in [0.29, 0.717) is 19.3 Å². The van der Waals surface area contributed by atoms with Crippen molar-refractivity contribution in [3.63, 3.8) is 0 Å². The summed E-state index contributed by atoms with van der Waals surface area (Å²) < 4.78 is 17.0. The Labute approximate surface area is 489 Å². The Bertz CT molecular complexity index is 1540. The van der Waals surface area contributed by atoms with Gasteiger partial charge in [0.2, 0.25) is 0 Å². The summed E-state index contributed by atoms with van der Waals surface area (Å²) in [5.41, 5.74) is 0. The second-order valence-electron chi connectivity index (χ2n) is 22.4. The topological polar surface area (TPSA) is 78.9 Å². The Morgan fingerprint density at radius 2 is 0.494 bits per heavy atom. The van der Waals surface area contributed by atoms with Crippen LogP contribution in [0.5, 0.6) is 0 Å². The molecule has 0 aromatic carbocycles. The third-order valence-electron chi connectivity index (χ3n) is 14.6. The third-order valence-corrected chi connectivity index (χ3v) is 14.6. The van der Waals surface area contributed by atoms with Crippen molar-refractivity contribution in [3.05, 3.63) is 97.2 Å². The molecule has 0 amide bonds. The van der Waals surface area contributed by atoms with Crippen LogP contribution >= 0.6 is 0 Å². The minimum atomic E-state index is -0.791. The highest BCUT2D eigenvalue weighted by atomic mass is 16.6. The first-order valence-electron chi connectivity index (χ1n) is 33.7. The zero-order valence-corrected chi connectivity index (χ0v) is 52.1. The third kappa shape index (κ3) is 65.0. The van der Waals surface area contributed by atoms with E-state index in [9.17, 15) is 14.4 Å². The largest absolute Gasteiger partial charge is 0.462 e. The summed E-state index contributed by atoms with van der Waals surface area (Å²) in [4.78, 5) is 38.4. The maximum Gasteiger partial charge on any atom is 0.306 e. The maximum atomic E-state index is 12.9. The van der Waals surface area contributed by atoms with E-state index in [-0.39, 0.29) is 31.1 Å². The Morgan fingerprint density at radius 1 is 0.266 bits per heavy atom. The van der Waals surface area contributed by atoms with Gasteiger partial charge in [-0.3, -0.25) is 14.4 Å². The fraction of sp³-hybridized carbons (Fsp3) is 0.740. The van der Waals surface area contributed by atoms with Crippen LogP contribution in [0, 0.1) is 0 Å². The van der Waals surface area contributed by atoms with Gasteiger partial charge in [0.25, 0.3) is 0 Å². The monoisotopic (exact) mass is 1100 g/mol. The van der Waals surface area contributed by atoms with Gasteiger partial charge in [-0.25, -0.2) is 0 Å². The molecule has 6 nitrogen and oxygen atoms in total. The van der Waals surface area contributed by atoms with Crippen molar-refractivity contribution >= 4 is 17.9 Å². The first-order chi connectivity index (χ1) is 39.0. The molecule has 1 unspecified atom stereocenters. The Morgan fingerprint density at radius 3 is 0.785 bits per heavy atom. The molecule has 0 aromatic heterocycles. The summed E-state index contributed by atoms with van der Waals surface area (Å²) in [6.45, 7) is 6.53. The van der Waals surface area contributed by atoms with Crippen molar-refractivity contribution < 1.29 is 28.6 Å². The number of hydrogen-bond donors (Lipinski definition) is 0. The van der Waals surface area contributed by atoms with Crippen molar-refractivity contribution in [3.8, 4) is 0 Å². The average Bonchev–Trinajstić information content (AvgIpc) is 3.45. The van der Waals surface area contributed by atoms with Gasteiger partial charge in [-0.15, -0.1) is 0 Å². The van der Waals surface area contributed by atoms with Crippen molar-refractivity contribution in [2.75, 3.05) is 13.2 Å². The van der Waals surface area contributed by atoms with Crippen molar-refractivity contribution in [1.82, 2.24) is 0 Å². The number of rotatable bonds is 61. The second-order valence-corrected chi connectivity index (χ2v) is 22.4. The van der Waals surface area contributed by atoms with Crippen LogP contribution < -0.4 is 0 Å². The Balaban J connectivity index is 4.40. The number of carbonyl (C=O) groups excluding carboxylic acids is 3. The van der Waals surface area contributed by atoms with Gasteiger partial charge in [-0.2, -0.15) is 0 Å². The van der Waals surface area contributed by atoms with Gasteiger partial charge in [0.15, 0.2) is 6.10 Å². The molecule has 0 fully saturated rings. The fourth-order valence-electron chi connectivity index (χ4n) is 9.54. The zero-order valence-electron chi connectivity index (χ0n) is 52.1. The van der Waals surface area contributed by atoms with Crippen molar-refractivity contribution in [2.45, 2.75) is 335 Å². The number of carbonyl (C=O) groups is 3. The highest BCUT2D eigenvalue weighted by Gasteiger charge is 2.19. The average molecular weight is 1100 g/mol. The molecule has 0 rings (SSSR count). The summed E-state index contributed by atoms with van der Waals surface area (Å²) >= 11 is 0. The lowest BCUT2D eigenvalue weighted by Gasteiger charge is -2.18. The molecule has 0 spiro atoms. The molecule has 79 heavy (non-hydrogen) atoms. The molecule has 0 aliphatic rings. The molecular formula is C73H126O6. The molecule has 1 atom stereocenters. The van der Waals surface area contributed by atoms with E-state index >= 15 is 0 Å². The van der Waals surface area contributed by atoms with E-state index in [2.05, 4.69) is 118 Å². The van der Waals surface area contributed by atoms with Gasteiger partial charge in [0, 0.05) is 19.3 Å². The zero-order chi connectivity index (χ0) is 57.1. The standard InChI is InChI=1S/C73H126O6/c1-4-7-10-13-16-19-22-25-28-31-33-35-36-37-38-39-41-42-45-48-51-54-57-60-63-66-72(75)78-69-70(68-77-71(74)65-62-59-56-53-50-47-44-30-27-24-21-18-15-12-9-6-3)79-73(76)67-64-61-58-55-52-49-46-43-40-34-32-29-26-23-20-17-14-11-8-5-2/h7,10,16,19,21,24-25,28,30,33,35,37-38,41-42,44,70H,4-6,8-9,11-15,17-18,20,22-23,26-27,29,31-32,34,36,39-40,43,45-69H2,1-3H3/b10-7-,19-16-,24-21-,28-25-,35-33-,38-37-,42-41-,44-30-. The first kappa shape index (κ1) is 75.3. The second kappa shape index (κ2) is 66.8. The van der Waals surface area contributed by atoms with E-state index in [0.717, 1.165) is 128 Å². The number of unbranched alkanes of at least 4 members (excludes halogenated alkanes) is 34. The summed E-state index contributed by atoms with van der Waals surface area (Å²) in [5.74, 6) is -0.899. The molecule has 0 bridgehead atoms. The van der Waals surface area contributed by atoms with Crippen LogP contribution in [-0.4, -0.2) is 37.2 Å².